The predicted molar refractivity (Wildman–Crippen MR) is 70.6 cm³/mol. The lowest BCUT2D eigenvalue weighted by molar-refractivity contribution is 0.436. The van der Waals surface area contributed by atoms with Crippen molar-refractivity contribution in [2.75, 3.05) is 0 Å². The lowest BCUT2D eigenvalue weighted by Crippen LogP contribution is -2.01. The van der Waals surface area contributed by atoms with E-state index in [9.17, 15) is 4.39 Å². The number of hydrogen-bond donors (Lipinski definition) is 1. The van der Waals surface area contributed by atoms with Gasteiger partial charge in [-0.2, -0.15) is 0 Å². The zero-order chi connectivity index (χ0) is 13.1. The molecule has 0 saturated carbocycles. The second-order valence-electron chi connectivity index (χ2n) is 3.91. The highest BCUT2D eigenvalue weighted by atomic mass is 35.5. The zero-order valence-electron chi connectivity index (χ0n) is 9.91. The predicted octanol–water partition coefficient (Wildman–Crippen LogP) is 4.04. The van der Waals surface area contributed by atoms with Gasteiger partial charge < -0.3 is 10.5 Å². The first kappa shape index (κ1) is 12.9. The first-order valence-electron chi connectivity index (χ1n) is 5.54. The molecule has 2 aromatic rings. The van der Waals surface area contributed by atoms with Gasteiger partial charge in [-0.3, -0.25) is 0 Å². The van der Waals surface area contributed by atoms with E-state index in [-0.39, 0.29) is 18.1 Å². The van der Waals surface area contributed by atoms with Crippen LogP contribution in [0.1, 0.15) is 11.1 Å². The van der Waals surface area contributed by atoms with Crippen LogP contribution in [0.25, 0.3) is 0 Å². The van der Waals surface area contributed by atoms with Crippen molar-refractivity contribution in [1.29, 1.82) is 0 Å². The first-order chi connectivity index (χ1) is 8.63. The molecule has 0 aliphatic heterocycles. The fourth-order valence-electron chi connectivity index (χ4n) is 1.65. The number of ether oxygens (including phenoxy) is 1. The van der Waals surface area contributed by atoms with Gasteiger partial charge in [0.1, 0.15) is 5.75 Å². The van der Waals surface area contributed by atoms with Gasteiger partial charge in [0.15, 0.2) is 11.6 Å². The van der Waals surface area contributed by atoms with E-state index in [0.29, 0.717) is 21.9 Å². The standard InChI is InChI=1S/C14H13ClFNO/c1-9-4-2-7-13(14(9)16)18-12-6-3-5-11(15)10(12)8-17/h2-7H,8,17H2,1H3. The minimum atomic E-state index is -0.375. The topological polar surface area (TPSA) is 35.2 Å². The van der Waals surface area contributed by atoms with Gasteiger partial charge in [0.25, 0.3) is 0 Å². The number of rotatable bonds is 3. The summed E-state index contributed by atoms with van der Waals surface area (Å²) in [6.07, 6.45) is 0. The van der Waals surface area contributed by atoms with Gasteiger partial charge in [0, 0.05) is 17.1 Å². The van der Waals surface area contributed by atoms with E-state index in [0.717, 1.165) is 0 Å². The first-order valence-corrected chi connectivity index (χ1v) is 5.91. The van der Waals surface area contributed by atoms with Crippen molar-refractivity contribution >= 4 is 11.6 Å². The van der Waals surface area contributed by atoms with E-state index in [4.69, 9.17) is 22.1 Å². The third-order valence-corrected chi connectivity index (χ3v) is 3.01. The minimum Gasteiger partial charge on any atom is -0.454 e. The third kappa shape index (κ3) is 2.47. The molecule has 0 aliphatic rings. The van der Waals surface area contributed by atoms with Crippen LogP contribution in [0.4, 0.5) is 4.39 Å². The van der Waals surface area contributed by atoms with Crippen molar-refractivity contribution in [1.82, 2.24) is 0 Å². The van der Waals surface area contributed by atoms with Gasteiger partial charge in [-0.1, -0.05) is 29.8 Å². The summed E-state index contributed by atoms with van der Waals surface area (Å²) in [5.41, 5.74) is 6.81. The molecule has 18 heavy (non-hydrogen) atoms. The Kier molecular flexibility index (Phi) is 3.84. The van der Waals surface area contributed by atoms with E-state index in [1.807, 2.05) is 0 Å². The van der Waals surface area contributed by atoms with E-state index in [1.54, 1.807) is 43.3 Å². The molecule has 0 aliphatic carbocycles. The summed E-state index contributed by atoms with van der Waals surface area (Å²) < 4.78 is 19.4. The molecular formula is C14H13ClFNO. The van der Waals surface area contributed by atoms with Crippen molar-refractivity contribution in [2.45, 2.75) is 13.5 Å². The summed E-state index contributed by atoms with van der Waals surface area (Å²) in [6, 6.07) is 10.2. The Morgan fingerprint density at radius 3 is 2.56 bits per heavy atom. The molecule has 2 rings (SSSR count). The quantitative estimate of drug-likeness (QED) is 0.909. The molecule has 0 amide bonds. The molecule has 0 bridgehead atoms. The maximum absolute atomic E-state index is 13.8. The molecular weight excluding hydrogens is 253 g/mol. The van der Waals surface area contributed by atoms with Gasteiger partial charge in [0.2, 0.25) is 0 Å². The van der Waals surface area contributed by atoms with E-state index in [2.05, 4.69) is 0 Å². The van der Waals surface area contributed by atoms with Crippen LogP contribution in [-0.4, -0.2) is 0 Å². The van der Waals surface area contributed by atoms with Gasteiger partial charge in [-0.15, -0.1) is 0 Å². The zero-order valence-corrected chi connectivity index (χ0v) is 10.7. The molecule has 0 atom stereocenters. The summed E-state index contributed by atoms with van der Waals surface area (Å²) in [6.45, 7) is 1.92. The number of halogens is 2. The molecule has 0 radical (unpaired) electrons. The molecule has 0 spiro atoms. The average molecular weight is 266 g/mol. The van der Waals surface area contributed by atoms with Crippen molar-refractivity contribution in [3.05, 3.63) is 58.4 Å². The molecule has 2 N–H and O–H groups in total. The van der Waals surface area contributed by atoms with Crippen LogP contribution in [0.5, 0.6) is 11.5 Å². The fourth-order valence-corrected chi connectivity index (χ4v) is 1.89. The Hall–Kier alpha value is -1.58. The number of nitrogens with two attached hydrogens (primary N) is 1. The van der Waals surface area contributed by atoms with E-state index >= 15 is 0 Å². The summed E-state index contributed by atoms with van der Waals surface area (Å²) in [5.74, 6) is 0.280. The van der Waals surface area contributed by atoms with Crippen LogP contribution in [0, 0.1) is 12.7 Å². The summed E-state index contributed by atoms with van der Waals surface area (Å²) in [5, 5.41) is 0.517. The second-order valence-corrected chi connectivity index (χ2v) is 4.32. The number of hydrogen-bond acceptors (Lipinski definition) is 2. The van der Waals surface area contributed by atoms with E-state index in [1.165, 1.54) is 0 Å². The Bertz CT molecular complexity index is 572. The van der Waals surface area contributed by atoms with E-state index < -0.39 is 0 Å². The molecule has 0 aromatic heterocycles. The second kappa shape index (κ2) is 5.38. The SMILES string of the molecule is Cc1cccc(Oc2cccc(Cl)c2CN)c1F. The van der Waals surface area contributed by atoms with Crippen LogP contribution >= 0.6 is 11.6 Å². The maximum Gasteiger partial charge on any atom is 0.168 e. The van der Waals surface area contributed by atoms with Gasteiger partial charge in [-0.25, -0.2) is 4.39 Å². The van der Waals surface area contributed by atoms with Crippen LogP contribution < -0.4 is 10.5 Å². The summed E-state index contributed by atoms with van der Waals surface area (Å²) in [4.78, 5) is 0. The molecule has 0 saturated heterocycles. The molecule has 2 nitrogen and oxygen atoms in total. The monoisotopic (exact) mass is 265 g/mol. The molecule has 0 unspecified atom stereocenters. The van der Waals surface area contributed by atoms with Crippen molar-refractivity contribution in [3.63, 3.8) is 0 Å². The Morgan fingerprint density at radius 1 is 1.17 bits per heavy atom. The Balaban J connectivity index is 2.40. The number of aryl methyl sites for hydroxylation is 1. The van der Waals surface area contributed by atoms with Gasteiger partial charge >= 0.3 is 0 Å². The molecule has 2 aromatic carbocycles. The molecule has 94 valence electrons. The van der Waals surface area contributed by atoms with Crippen LogP contribution in [0.15, 0.2) is 36.4 Å². The Labute approximate surface area is 110 Å². The van der Waals surface area contributed by atoms with Crippen molar-refractivity contribution in [2.24, 2.45) is 5.73 Å². The summed E-state index contributed by atoms with van der Waals surface area (Å²) in [7, 11) is 0. The van der Waals surface area contributed by atoms with Crippen LogP contribution in [-0.2, 0) is 6.54 Å². The average Bonchev–Trinajstić information content (AvgIpc) is 2.35. The maximum atomic E-state index is 13.8. The largest absolute Gasteiger partial charge is 0.454 e. The lowest BCUT2D eigenvalue weighted by Gasteiger charge is -2.12. The lowest BCUT2D eigenvalue weighted by atomic mass is 10.2. The summed E-state index contributed by atoms with van der Waals surface area (Å²) >= 11 is 6.01. The van der Waals surface area contributed by atoms with Gasteiger partial charge in [0.05, 0.1) is 0 Å². The van der Waals surface area contributed by atoms with Gasteiger partial charge in [-0.05, 0) is 30.7 Å². The highest BCUT2D eigenvalue weighted by Crippen LogP contribution is 2.31. The highest BCUT2D eigenvalue weighted by molar-refractivity contribution is 6.31. The van der Waals surface area contributed by atoms with Crippen LogP contribution in [0.2, 0.25) is 5.02 Å². The molecule has 0 fully saturated rings. The normalized spacial score (nSPS) is 10.4. The molecule has 0 heterocycles. The molecule has 4 heteroatoms. The smallest absolute Gasteiger partial charge is 0.168 e. The minimum absolute atomic E-state index is 0.173. The van der Waals surface area contributed by atoms with Crippen molar-refractivity contribution in [3.8, 4) is 11.5 Å². The Morgan fingerprint density at radius 2 is 1.83 bits per heavy atom. The third-order valence-electron chi connectivity index (χ3n) is 2.66. The fraction of sp³-hybridized carbons (Fsp3) is 0.143. The highest BCUT2D eigenvalue weighted by Gasteiger charge is 2.11. The van der Waals surface area contributed by atoms with Crippen molar-refractivity contribution < 1.29 is 9.13 Å². The number of benzene rings is 2. The van der Waals surface area contributed by atoms with Crippen LogP contribution in [0.3, 0.4) is 0 Å².